The highest BCUT2D eigenvalue weighted by Gasteiger charge is 2.15. The van der Waals surface area contributed by atoms with E-state index in [9.17, 15) is 4.79 Å². The molecule has 5 nitrogen and oxygen atoms in total. The Morgan fingerprint density at radius 3 is 2.81 bits per heavy atom. The van der Waals surface area contributed by atoms with Crippen LogP contribution in [-0.4, -0.2) is 29.4 Å². The smallest absolute Gasteiger partial charge is 0.272 e. The van der Waals surface area contributed by atoms with Gasteiger partial charge in [0.15, 0.2) is 0 Å². The van der Waals surface area contributed by atoms with Crippen molar-refractivity contribution in [3.8, 4) is 0 Å². The summed E-state index contributed by atoms with van der Waals surface area (Å²) in [5.74, 6) is 5.48. The van der Waals surface area contributed by atoms with Crippen LogP contribution in [0.15, 0.2) is 30.3 Å². The van der Waals surface area contributed by atoms with E-state index in [1.807, 2.05) is 31.3 Å². The fourth-order valence-electron chi connectivity index (χ4n) is 2.30. The van der Waals surface area contributed by atoms with Gasteiger partial charge in [0.25, 0.3) is 5.91 Å². The highest BCUT2D eigenvalue weighted by Crippen LogP contribution is 2.22. The van der Waals surface area contributed by atoms with Crippen molar-refractivity contribution in [1.29, 1.82) is 0 Å². The fraction of sp³-hybridized carbons (Fsp3) is 0.375. The number of nitrogen functional groups attached to an aromatic ring is 1. The highest BCUT2D eigenvalue weighted by atomic mass is 16.2. The second-order valence-corrected chi connectivity index (χ2v) is 5.15. The number of nitrogens with one attached hydrogen (secondary N) is 1. The van der Waals surface area contributed by atoms with Crippen LogP contribution >= 0.6 is 0 Å². The van der Waals surface area contributed by atoms with Crippen LogP contribution in [0.1, 0.15) is 36.7 Å². The molecule has 3 N–H and O–H groups in total. The van der Waals surface area contributed by atoms with E-state index >= 15 is 0 Å². The minimum absolute atomic E-state index is 0.0756. The monoisotopic (exact) mass is 286 g/mol. The average molecular weight is 286 g/mol. The number of rotatable bonds is 6. The van der Waals surface area contributed by atoms with E-state index in [2.05, 4.69) is 17.3 Å². The summed E-state index contributed by atoms with van der Waals surface area (Å²) in [5.41, 5.74) is 4.54. The van der Waals surface area contributed by atoms with E-state index < -0.39 is 0 Å². The third-order valence-electron chi connectivity index (χ3n) is 3.53. The molecule has 2 aromatic rings. The molecule has 1 amide bonds. The molecular formula is C16H22N4O. The Morgan fingerprint density at radius 1 is 1.33 bits per heavy atom. The summed E-state index contributed by atoms with van der Waals surface area (Å²) < 4.78 is 0. The first-order valence-electron chi connectivity index (χ1n) is 7.29. The number of anilines is 1. The number of carbonyl (C=O) groups is 1. The molecule has 1 aromatic heterocycles. The molecule has 0 aliphatic heterocycles. The first kappa shape index (κ1) is 15.3. The molecule has 0 atom stereocenters. The number of hydrogen-bond acceptors (Lipinski definition) is 4. The van der Waals surface area contributed by atoms with Gasteiger partial charge in [-0.2, -0.15) is 0 Å². The van der Waals surface area contributed by atoms with Gasteiger partial charge in [-0.05, 0) is 18.6 Å². The van der Waals surface area contributed by atoms with E-state index in [0.29, 0.717) is 11.4 Å². The summed E-state index contributed by atoms with van der Waals surface area (Å²) in [7, 11) is 1.81. The number of para-hydroxylation sites is 1. The normalized spacial score (nSPS) is 10.6. The number of pyridine rings is 1. The van der Waals surface area contributed by atoms with Crippen molar-refractivity contribution in [2.45, 2.75) is 26.2 Å². The molecule has 0 radical (unpaired) electrons. The maximum atomic E-state index is 12.4. The van der Waals surface area contributed by atoms with Crippen LogP contribution in [0.25, 0.3) is 10.9 Å². The summed E-state index contributed by atoms with van der Waals surface area (Å²) in [6, 6.07) is 9.33. The van der Waals surface area contributed by atoms with Crippen molar-refractivity contribution in [3.05, 3.63) is 36.0 Å². The summed E-state index contributed by atoms with van der Waals surface area (Å²) in [6.45, 7) is 2.89. The van der Waals surface area contributed by atoms with E-state index in [4.69, 9.17) is 5.84 Å². The second kappa shape index (κ2) is 7.04. The number of amides is 1. The Bertz CT molecular complexity index is 627. The van der Waals surface area contributed by atoms with Gasteiger partial charge in [-0.1, -0.05) is 38.0 Å². The highest BCUT2D eigenvalue weighted by molar-refractivity contribution is 5.99. The molecule has 0 saturated carbocycles. The van der Waals surface area contributed by atoms with Crippen LogP contribution in [0.5, 0.6) is 0 Å². The predicted molar refractivity (Wildman–Crippen MR) is 86.0 cm³/mol. The van der Waals surface area contributed by atoms with Crippen LogP contribution in [0, 0.1) is 0 Å². The third-order valence-corrected chi connectivity index (χ3v) is 3.53. The number of hydrazine groups is 1. The SMILES string of the molecule is CCCCCN(C)C(=O)c1cc(NN)c2ccccc2n1. The van der Waals surface area contributed by atoms with Gasteiger partial charge in [-0.15, -0.1) is 0 Å². The Balaban J connectivity index is 2.27. The molecule has 0 saturated heterocycles. The lowest BCUT2D eigenvalue weighted by Gasteiger charge is -2.17. The number of benzene rings is 1. The standard InChI is InChI=1S/C16H22N4O/c1-3-4-7-10-20(2)16(21)15-11-14(19-17)12-8-5-6-9-13(12)18-15/h5-6,8-9,11H,3-4,7,10,17H2,1-2H3,(H,18,19). The fourth-order valence-corrected chi connectivity index (χ4v) is 2.30. The van der Waals surface area contributed by atoms with Gasteiger partial charge in [-0.3, -0.25) is 10.6 Å². The number of fused-ring (bicyclic) bond motifs is 1. The number of carbonyl (C=O) groups excluding carboxylic acids is 1. The zero-order valence-electron chi connectivity index (χ0n) is 12.6. The van der Waals surface area contributed by atoms with Gasteiger partial charge < -0.3 is 10.3 Å². The van der Waals surface area contributed by atoms with E-state index in [-0.39, 0.29) is 5.91 Å². The van der Waals surface area contributed by atoms with Gasteiger partial charge in [0, 0.05) is 19.0 Å². The van der Waals surface area contributed by atoms with Crippen molar-refractivity contribution in [3.63, 3.8) is 0 Å². The van der Waals surface area contributed by atoms with Crippen LogP contribution in [0.2, 0.25) is 0 Å². The minimum Gasteiger partial charge on any atom is -0.340 e. The van der Waals surface area contributed by atoms with Gasteiger partial charge in [0.05, 0.1) is 11.2 Å². The number of unbranched alkanes of at least 4 members (excludes halogenated alkanes) is 2. The predicted octanol–water partition coefficient (Wildman–Crippen LogP) is 2.78. The van der Waals surface area contributed by atoms with Crippen LogP contribution < -0.4 is 11.3 Å². The van der Waals surface area contributed by atoms with Gasteiger partial charge in [0.2, 0.25) is 0 Å². The van der Waals surface area contributed by atoms with Crippen molar-refractivity contribution in [2.24, 2.45) is 5.84 Å². The average Bonchev–Trinajstić information content (AvgIpc) is 2.53. The van der Waals surface area contributed by atoms with Crippen molar-refractivity contribution >= 4 is 22.5 Å². The van der Waals surface area contributed by atoms with Crippen LogP contribution in [0.4, 0.5) is 5.69 Å². The van der Waals surface area contributed by atoms with Crippen molar-refractivity contribution < 1.29 is 4.79 Å². The molecule has 2 rings (SSSR count). The van der Waals surface area contributed by atoms with E-state index in [1.54, 1.807) is 11.0 Å². The van der Waals surface area contributed by atoms with Crippen molar-refractivity contribution in [1.82, 2.24) is 9.88 Å². The van der Waals surface area contributed by atoms with E-state index in [0.717, 1.165) is 36.7 Å². The van der Waals surface area contributed by atoms with Crippen molar-refractivity contribution in [2.75, 3.05) is 19.0 Å². The number of hydrogen-bond donors (Lipinski definition) is 2. The van der Waals surface area contributed by atoms with Crippen LogP contribution in [0.3, 0.4) is 0 Å². The zero-order chi connectivity index (χ0) is 15.2. The molecule has 0 fully saturated rings. The molecule has 0 unspecified atom stereocenters. The molecular weight excluding hydrogens is 264 g/mol. The molecule has 0 aliphatic rings. The number of nitrogens with zero attached hydrogens (tertiary/aromatic N) is 2. The Kier molecular flexibility index (Phi) is 5.11. The third kappa shape index (κ3) is 3.49. The topological polar surface area (TPSA) is 71.2 Å². The molecule has 21 heavy (non-hydrogen) atoms. The lowest BCUT2D eigenvalue weighted by Crippen LogP contribution is -2.28. The number of nitrogens with two attached hydrogens (primary N) is 1. The number of aromatic nitrogens is 1. The maximum absolute atomic E-state index is 12.4. The molecule has 1 heterocycles. The maximum Gasteiger partial charge on any atom is 0.272 e. The second-order valence-electron chi connectivity index (χ2n) is 5.15. The quantitative estimate of drug-likeness (QED) is 0.486. The molecule has 0 aliphatic carbocycles. The zero-order valence-corrected chi connectivity index (χ0v) is 12.6. The first-order valence-corrected chi connectivity index (χ1v) is 7.29. The Hall–Kier alpha value is -2.14. The Labute approximate surface area is 125 Å². The first-order chi connectivity index (χ1) is 10.2. The molecule has 0 bridgehead atoms. The summed E-state index contributed by atoms with van der Waals surface area (Å²) in [5, 5.41) is 0.908. The molecule has 112 valence electrons. The van der Waals surface area contributed by atoms with Crippen LogP contribution in [-0.2, 0) is 0 Å². The lowest BCUT2D eigenvalue weighted by atomic mass is 10.1. The van der Waals surface area contributed by atoms with Gasteiger partial charge in [-0.25, -0.2) is 4.98 Å². The van der Waals surface area contributed by atoms with Gasteiger partial charge in [0.1, 0.15) is 5.69 Å². The molecule has 1 aromatic carbocycles. The Morgan fingerprint density at radius 2 is 2.10 bits per heavy atom. The van der Waals surface area contributed by atoms with Gasteiger partial charge >= 0.3 is 0 Å². The summed E-state index contributed by atoms with van der Waals surface area (Å²) in [4.78, 5) is 18.6. The minimum atomic E-state index is -0.0756. The molecule has 5 heteroatoms. The summed E-state index contributed by atoms with van der Waals surface area (Å²) in [6.07, 6.45) is 3.27. The molecule has 0 spiro atoms. The summed E-state index contributed by atoms with van der Waals surface area (Å²) >= 11 is 0. The lowest BCUT2D eigenvalue weighted by molar-refractivity contribution is 0.0787. The largest absolute Gasteiger partial charge is 0.340 e. The van der Waals surface area contributed by atoms with E-state index in [1.165, 1.54) is 0 Å².